The normalized spacial score (nSPS) is 12.7. The van der Waals surface area contributed by atoms with Crippen LogP contribution in [-0.4, -0.2) is 50.9 Å². The van der Waals surface area contributed by atoms with Crippen LogP contribution in [0.4, 0.5) is 5.69 Å². The minimum atomic E-state index is -4.08. The fraction of sp³-hybridized carbons (Fsp3) is 0.333. The van der Waals surface area contributed by atoms with E-state index in [1.54, 1.807) is 67.8 Å². The number of anilines is 1. The molecule has 0 saturated heterocycles. The molecule has 0 aromatic heterocycles. The number of carbonyl (C=O) groups excluding carboxylic acids is 2. The SMILES string of the molecule is CCC(C)NC(=O)C(CC)N(Cc1cccc(OC)c1)C(=O)CN(c1ccccc1)S(=O)(=O)c1ccccc1. The van der Waals surface area contributed by atoms with E-state index < -0.39 is 28.5 Å². The molecule has 8 nitrogen and oxygen atoms in total. The van der Waals surface area contributed by atoms with Gasteiger partial charge in [-0.2, -0.15) is 0 Å². The second kappa shape index (κ2) is 13.8. The molecule has 0 radical (unpaired) electrons. The number of hydrogen-bond acceptors (Lipinski definition) is 5. The van der Waals surface area contributed by atoms with Crippen molar-refractivity contribution in [1.82, 2.24) is 10.2 Å². The quantitative estimate of drug-likeness (QED) is 0.335. The van der Waals surface area contributed by atoms with Gasteiger partial charge in [0.25, 0.3) is 10.0 Å². The summed E-state index contributed by atoms with van der Waals surface area (Å²) < 4.78 is 33.9. The number of sulfonamides is 1. The zero-order chi connectivity index (χ0) is 28.4. The maximum atomic E-state index is 14.0. The summed E-state index contributed by atoms with van der Waals surface area (Å²) in [6.07, 6.45) is 1.10. The van der Waals surface area contributed by atoms with E-state index in [2.05, 4.69) is 5.32 Å². The molecule has 0 aliphatic carbocycles. The van der Waals surface area contributed by atoms with Gasteiger partial charge in [-0.3, -0.25) is 13.9 Å². The lowest BCUT2D eigenvalue weighted by Crippen LogP contribution is -2.53. The summed E-state index contributed by atoms with van der Waals surface area (Å²) >= 11 is 0. The van der Waals surface area contributed by atoms with Gasteiger partial charge in [0.1, 0.15) is 18.3 Å². The van der Waals surface area contributed by atoms with E-state index in [0.29, 0.717) is 17.9 Å². The van der Waals surface area contributed by atoms with Crippen molar-refractivity contribution in [3.05, 3.63) is 90.5 Å². The zero-order valence-corrected chi connectivity index (χ0v) is 23.7. The highest BCUT2D eigenvalue weighted by Gasteiger charge is 2.33. The number of para-hydroxylation sites is 1. The van der Waals surface area contributed by atoms with E-state index in [9.17, 15) is 18.0 Å². The van der Waals surface area contributed by atoms with Gasteiger partial charge >= 0.3 is 0 Å². The number of ether oxygens (including phenoxy) is 1. The molecule has 2 atom stereocenters. The summed E-state index contributed by atoms with van der Waals surface area (Å²) in [5.41, 5.74) is 1.11. The van der Waals surface area contributed by atoms with Gasteiger partial charge in [-0.1, -0.05) is 62.4 Å². The Morgan fingerprint density at radius 2 is 1.54 bits per heavy atom. The summed E-state index contributed by atoms with van der Waals surface area (Å²) in [4.78, 5) is 28.9. The molecule has 3 rings (SSSR count). The highest BCUT2D eigenvalue weighted by molar-refractivity contribution is 7.92. The first kappa shape index (κ1) is 29.7. The standard InChI is InChI=1S/C30H37N3O5S/c1-5-23(3)31-30(35)28(6-2)32(21-24-14-13-17-26(20-24)38-4)29(34)22-33(25-15-9-7-10-16-25)39(36,37)27-18-11-8-12-19-27/h7-20,23,28H,5-6,21-22H2,1-4H3,(H,31,35). The van der Waals surface area contributed by atoms with Crippen LogP contribution in [0.15, 0.2) is 89.8 Å². The molecular formula is C30H37N3O5S. The highest BCUT2D eigenvalue weighted by atomic mass is 32.2. The van der Waals surface area contributed by atoms with Crippen LogP contribution in [0.3, 0.4) is 0 Å². The molecule has 208 valence electrons. The number of hydrogen-bond donors (Lipinski definition) is 1. The smallest absolute Gasteiger partial charge is 0.264 e. The summed E-state index contributed by atoms with van der Waals surface area (Å²) in [5, 5.41) is 2.98. The van der Waals surface area contributed by atoms with Gasteiger partial charge in [-0.15, -0.1) is 0 Å². The molecule has 3 aromatic carbocycles. The predicted molar refractivity (Wildman–Crippen MR) is 153 cm³/mol. The van der Waals surface area contributed by atoms with E-state index >= 15 is 0 Å². The number of nitrogens with zero attached hydrogens (tertiary/aromatic N) is 2. The van der Waals surface area contributed by atoms with Crippen LogP contribution in [0.2, 0.25) is 0 Å². The Kier molecular flexibility index (Phi) is 10.5. The monoisotopic (exact) mass is 551 g/mol. The lowest BCUT2D eigenvalue weighted by atomic mass is 10.1. The van der Waals surface area contributed by atoms with E-state index in [0.717, 1.165) is 16.3 Å². The van der Waals surface area contributed by atoms with Gasteiger partial charge in [0.15, 0.2) is 0 Å². The maximum absolute atomic E-state index is 14.0. The number of nitrogens with one attached hydrogen (secondary N) is 1. The predicted octanol–water partition coefficient (Wildman–Crippen LogP) is 4.61. The lowest BCUT2D eigenvalue weighted by molar-refractivity contribution is -0.140. The third-order valence-electron chi connectivity index (χ3n) is 6.53. The Morgan fingerprint density at radius 1 is 0.897 bits per heavy atom. The minimum absolute atomic E-state index is 0.0698. The van der Waals surface area contributed by atoms with Crippen molar-refractivity contribution in [2.24, 2.45) is 0 Å². The molecular weight excluding hydrogens is 514 g/mol. The van der Waals surface area contributed by atoms with Crippen LogP contribution in [0, 0.1) is 0 Å². The Bertz CT molecular complexity index is 1330. The fourth-order valence-electron chi connectivity index (χ4n) is 4.17. The Morgan fingerprint density at radius 3 is 2.13 bits per heavy atom. The third-order valence-corrected chi connectivity index (χ3v) is 8.32. The third kappa shape index (κ3) is 7.60. The molecule has 1 N–H and O–H groups in total. The number of rotatable bonds is 13. The Labute approximate surface area is 231 Å². The van der Waals surface area contributed by atoms with Crippen LogP contribution >= 0.6 is 0 Å². The average molecular weight is 552 g/mol. The van der Waals surface area contributed by atoms with Crippen molar-refractivity contribution in [3.63, 3.8) is 0 Å². The molecule has 2 unspecified atom stereocenters. The molecule has 0 bridgehead atoms. The van der Waals surface area contributed by atoms with Crippen LogP contribution in [0.5, 0.6) is 5.75 Å². The second-order valence-electron chi connectivity index (χ2n) is 9.28. The lowest BCUT2D eigenvalue weighted by Gasteiger charge is -2.33. The number of amides is 2. The van der Waals surface area contributed by atoms with Crippen LogP contribution in [0.25, 0.3) is 0 Å². The first-order valence-electron chi connectivity index (χ1n) is 13.1. The van der Waals surface area contributed by atoms with Crippen molar-refractivity contribution >= 4 is 27.5 Å². The summed E-state index contributed by atoms with van der Waals surface area (Å²) in [7, 11) is -2.52. The number of benzene rings is 3. The topological polar surface area (TPSA) is 96.0 Å². The van der Waals surface area contributed by atoms with E-state index in [4.69, 9.17) is 4.74 Å². The van der Waals surface area contributed by atoms with Gasteiger partial charge in [0.2, 0.25) is 11.8 Å². The van der Waals surface area contributed by atoms with Crippen LogP contribution in [-0.2, 0) is 26.2 Å². The zero-order valence-electron chi connectivity index (χ0n) is 22.9. The molecule has 2 amide bonds. The van der Waals surface area contributed by atoms with Crippen molar-refractivity contribution in [3.8, 4) is 5.75 Å². The van der Waals surface area contributed by atoms with Crippen LogP contribution in [0.1, 0.15) is 39.2 Å². The van der Waals surface area contributed by atoms with E-state index in [1.165, 1.54) is 17.0 Å². The molecule has 0 fully saturated rings. The molecule has 0 aliphatic rings. The molecule has 9 heteroatoms. The molecule has 0 saturated carbocycles. The van der Waals surface area contributed by atoms with Gasteiger partial charge in [0.05, 0.1) is 17.7 Å². The largest absolute Gasteiger partial charge is 0.497 e. The second-order valence-corrected chi connectivity index (χ2v) is 11.1. The summed E-state index contributed by atoms with van der Waals surface area (Å²) in [5.74, 6) is -0.151. The molecule has 0 aliphatic heterocycles. The van der Waals surface area contributed by atoms with Gasteiger partial charge in [0, 0.05) is 12.6 Å². The Hall–Kier alpha value is -3.85. The highest BCUT2D eigenvalue weighted by Crippen LogP contribution is 2.25. The molecule has 39 heavy (non-hydrogen) atoms. The molecule has 3 aromatic rings. The molecule has 0 heterocycles. The average Bonchev–Trinajstić information content (AvgIpc) is 2.96. The van der Waals surface area contributed by atoms with Gasteiger partial charge in [-0.05, 0) is 61.7 Å². The van der Waals surface area contributed by atoms with E-state index in [-0.39, 0.29) is 23.4 Å². The number of methoxy groups -OCH3 is 1. The first-order chi connectivity index (χ1) is 18.7. The Balaban J connectivity index is 2.03. The minimum Gasteiger partial charge on any atom is -0.497 e. The van der Waals surface area contributed by atoms with Gasteiger partial charge in [-0.25, -0.2) is 8.42 Å². The summed E-state index contributed by atoms with van der Waals surface area (Å²) in [6.45, 7) is 5.34. The van der Waals surface area contributed by atoms with Crippen LogP contribution < -0.4 is 14.4 Å². The number of carbonyl (C=O) groups is 2. The van der Waals surface area contributed by atoms with Crippen molar-refractivity contribution in [2.75, 3.05) is 18.0 Å². The van der Waals surface area contributed by atoms with Crippen molar-refractivity contribution in [1.29, 1.82) is 0 Å². The van der Waals surface area contributed by atoms with E-state index in [1.807, 2.05) is 32.9 Å². The summed E-state index contributed by atoms with van der Waals surface area (Å²) in [6, 6.07) is 22.9. The van der Waals surface area contributed by atoms with Gasteiger partial charge < -0.3 is 15.0 Å². The van der Waals surface area contributed by atoms with Crippen molar-refractivity contribution in [2.45, 2.75) is 57.1 Å². The first-order valence-corrected chi connectivity index (χ1v) is 14.5. The maximum Gasteiger partial charge on any atom is 0.264 e. The fourth-order valence-corrected chi connectivity index (χ4v) is 5.61. The van der Waals surface area contributed by atoms with Crippen molar-refractivity contribution < 1.29 is 22.7 Å². The molecule has 0 spiro atoms.